The number of ether oxygens (including phenoxy) is 1. The number of carboxylic acids is 1. The van der Waals surface area contributed by atoms with Crippen LogP contribution in [0, 0.1) is 6.92 Å². The van der Waals surface area contributed by atoms with Gasteiger partial charge in [0.1, 0.15) is 5.75 Å². The molecule has 18 heavy (non-hydrogen) atoms. The Bertz CT molecular complexity index is 495. The van der Waals surface area contributed by atoms with E-state index in [4.69, 9.17) is 5.11 Å². The third kappa shape index (κ3) is 3.65. The molecule has 4 nitrogen and oxygen atoms in total. The van der Waals surface area contributed by atoms with E-state index >= 15 is 0 Å². The van der Waals surface area contributed by atoms with Gasteiger partial charge in [-0.25, -0.2) is 4.79 Å². The fraction of sp³-hybridized carbons (Fsp3) is 0.167. The molecule has 0 aromatic heterocycles. The van der Waals surface area contributed by atoms with Crippen LogP contribution in [0.3, 0.4) is 0 Å². The number of carbonyl (C=O) groups is 2. The number of halogens is 2. The van der Waals surface area contributed by atoms with Crippen LogP contribution in [0.4, 0.5) is 8.78 Å². The molecule has 6 heteroatoms. The average molecular weight is 256 g/mol. The molecule has 0 amide bonds. The predicted octanol–water partition coefficient (Wildman–Crippen LogP) is 2.51. The van der Waals surface area contributed by atoms with E-state index in [1.807, 2.05) is 0 Å². The minimum absolute atomic E-state index is 0.0136. The highest BCUT2D eigenvalue weighted by molar-refractivity contribution is 5.87. The maximum atomic E-state index is 12.1. The molecule has 0 atom stereocenters. The normalized spacial score (nSPS) is 10.9. The first-order valence-electron chi connectivity index (χ1n) is 4.89. The highest BCUT2D eigenvalue weighted by Gasteiger charge is 2.11. The number of aryl methyl sites for hydroxylation is 1. The number of carboxylic acid groups (broad SMARTS) is 1. The summed E-state index contributed by atoms with van der Waals surface area (Å²) in [6.45, 7) is -1.43. The molecule has 96 valence electrons. The van der Waals surface area contributed by atoms with Crippen molar-refractivity contribution in [3.05, 3.63) is 34.9 Å². The lowest BCUT2D eigenvalue weighted by molar-refractivity contribution is -0.131. The Hall–Kier alpha value is -2.24. The molecule has 1 aromatic rings. The SMILES string of the molecule is Cc1cc(C=O)c(OC(F)F)cc1/C=C/C(=O)O. The first-order chi connectivity index (χ1) is 8.43. The predicted molar refractivity (Wildman–Crippen MR) is 59.9 cm³/mol. The molecule has 0 aliphatic carbocycles. The number of rotatable bonds is 5. The molecule has 1 N–H and O–H groups in total. The smallest absolute Gasteiger partial charge is 0.387 e. The molecule has 0 heterocycles. The highest BCUT2D eigenvalue weighted by Crippen LogP contribution is 2.24. The van der Waals surface area contributed by atoms with Crippen LogP contribution in [0.25, 0.3) is 6.08 Å². The van der Waals surface area contributed by atoms with Gasteiger partial charge in [0.25, 0.3) is 0 Å². The summed E-state index contributed by atoms with van der Waals surface area (Å²) in [6.07, 6.45) is 2.51. The number of benzene rings is 1. The Labute approximate surface area is 101 Å². The lowest BCUT2D eigenvalue weighted by Gasteiger charge is -2.10. The second-order valence-corrected chi connectivity index (χ2v) is 3.41. The third-order valence-corrected chi connectivity index (χ3v) is 2.15. The number of hydrogen-bond acceptors (Lipinski definition) is 3. The first kappa shape index (κ1) is 13.8. The zero-order valence-corrected chi connectivity index (χ0v) is 9.39. The Balaban J connectivity index is 3.20. The molecule has 0 aliphatic heterocycles. The summed E-state index contributed by atoms with van der Waals surface area (Å²) in [5, 5.41) is 8.49. The van der Waals surface area contributed by atoms with Crippen molar-refractivity contribution in [3.8, 4) is 5.75 Å². The van der Waals surface area contributed by atoms with Crippen molar-refractivity contribution in [1.29, 1.82) is 0 Å². The zero-order valence-electron chi connectivity index (χ0n) is 9.39. The number of hydrogen-bond donors (Lipinski definition) is 1. The van der Waals surface area contributed by atoms with Gasteiger partial charge in [-0.15, -0.1) is 0 Å². The van der Waals surface area contributed by atoms with Gasteiger partial charge in [0.05, 0.1) is 5.56 Å². The van der Waals surface area contributed by atoms with E-state index in [0.29, 0.717) is 17.4 Å². The Morgan fingerprint density at radius 3 is 2.56 bits per heavy atom. The highest BCUT2D eigenvalue weighted by atomic mass is 19.3. The third-order valence-electron chi connectivity index (χ3n) is 2.15. The number of aldehydes is 1. The van der Waals surface area contributed by atoms with Gasteiger partial charge in [-0.3, -0.25) is 4.79 Å². The molecule has 1 aromatic carbocycles. The summed E-state index contributed by atoms with van der Waals surface area (Å²) in [5.41, 5.74) is 0.954. The molecular weight excluding hydrogens is 246 g/mol. The van der Waals surface area contributed by atoms with Crippen LogP contribution in [-0.2, 0) is 4.79 Å². The summed E-state index contributed by atoms with van der Waals surface area (Å²) in [5.74, 6) is -1.44. The second kappa shape index (κ2) is 5.90. The van der Waals surface area contributed by atoms with Crippen molar-refractivity contribution in [2.75, 3.05) is 0 Å². The zero-order chi connectivity index (χ0) is 13.7. The van der Waals surface area contributed by atoms with E-state index in [9.17, 15) is 18.4 Å². The molecule has 0 bridgehead atoms. The molecule has 0 radical (unpaired) electrons. The topological polar surface area (TPSA) is 63.6 Å². The van der Waals surface area contributed by atoms with Gasteiger partial charge in [0, 0.05) is 6.08 Å². The fourth-order valence-corrected chi connectivity index (χ4v) is 1.36. The van der Waals surface area contributed by atoms with E-state index in [1.165, 1.54) is 18.2 Å². The van der Waals surface area contributed by atoms with Crippen LogP contribution in [0.1, 0.15) is 21.5 Å². The van der Waals surface area contributed by atoms with Crippen LogP contribution >= 0.6 is 0 Å². The largest absolute Gasteiger partial charge is 0.478 e. The molecule has 0 aliphatic rings. The molecule has 0 unspecified atom stereocenters. The number of carbonyl (C=O) groups excluding carboxylic acids is 1. The standard InChI is InChI=1S/C12H10F2O4/c1-7-4-9(6-15)10(18-12(13)14)5-8(7)2-3-11(16)17/h2-6,12H,1H3,(H,16,17)/b3-2+. The quantitative estimate of drug-likeness (QED) is 0.649. The molecule has 0 saturated carbocycles. The summed E-state index contributed by atoms with van der Waals surface area (Å²) >= 11 is 0. The van der Waals surface area contributed by atoms with Crippen molar-refractivity contribution >= 4 is 18.3 Å². The molecule has 0 saturated heterocycles. The van der Waals surface area contributed by atoms with Gasteiger partial charge in [0.2, 0.25) is 0 Å². The van der Waals surface area contributed by atoms with Gasteiger partial charge in [-0.05, 0) is 36.3 Å². The van der Waals surface area contributed by atoms with Crippen LogP contribution < -0.4 is 4.74 Å². The first-order valence-corrected chi connectivity index (χ1v) is 4.89. The minimum atomic E-state index is -3.05. The van der Waals surface area contributed by atoms with Crippen molar-refractivity contribution in [3.63, 3.8) is 0 Å². The Kier molecular flexibility index (Phi) is 4.53. The van der Waals surface area contributed by atoms with E-state index < -0.39 is 12.6 Å². The summed E-state index contributed by atoms with van der Waals surface area (Å²) in [6, 6.07) is 2.55. The van der Waals surface area contributed by atoms with Gasteiger partial charge >= 0.3 is 12.6 Å². The molecular formula is C12H10F2O4. The summed E-state index contributed by atoms with van der Waals surface area (Å²) < 4.78 is 28.5. The van der Waals surface area contributed by atoms with E-state index in [-0.39, 0.29) is 11.3 Å². The van der Waals surface area contributed by atoms with Gasteiger partial charge in [-0.2, -0.15) is 8.78 Å². The van der Waals surface area contributed by atoms with Crippen molar-refractivity contribution in [2.24, 2.45) is 0 Å². The van der Waals surface area contributed by atoms with E-state index in [1.54, 1.807) is 6.92 Å². The monoisotopic (exact) mass is 256 g/mol. The number of alkyl halides is 2. The molecule has 0 spiro atoms. The molecule has 0 fully saturated rings. The second-order valence-electron chi connectivity index (χ2n) is 3.41. The van der Waals surface area contributed by atoms with Gasteiger partial charge in [-0.1, -0.05) is 0 Å². The summed E-state index contributed by atoms with van der Waals surface area (Å²) in [7, 11) is 0. The van der Waals surface area contributed by atoms with Crippen LogP contribution in [0.5, 0.6) is 5.75 Å². The van der Waals surface area contributed by atoms with Crippen molar-refractivity contribution in [1.82, 2.24) is 0 Å². The summed E-state index contributed by atoms with van der Waals surface area (Å²) in [4.78, 5) is 21.1. The van der Waals surface area contributed by atoms with Crippen LogP contribution in [-0.4, -0.2) is 24.0 Å². The van der Waals surface area contributed by atoms with Crippen LogP contribution in [0.2, 0.25) is 0 Å². The maximum absolute atomic E-state index is 12.1. The Morgan fingerprint density at radius 1 is 1.39 bits per heavy atom. The average Bonchev–Trinajstić information content (AvgIpc) is 2.28. The van der Waals surface area contributed by atoms with E-state index in [0.717, 1.165) is 6.08 Å². The van der Waals surface area contributed by atoms with Crippen molar-refractivity contribution < 1.29 is 28.2 Å². The van der Waals surface area contributed by atoms with Gasteiger partial charge in [0.15, 0.2) is 6.29 Å². The van der Waals surface area contributed by atoms with Crippen molar-refractivity contribution in [2.45, 2.75) is 13.5 Å². The maximum Gasteiger partial charge on any atom is 0.387 e. The Morgan fingerprint density at radius 2 is 2.06 bits per heavy atom. The van der Waals surface area contributed by atoms with Crippen LogP contribution in [0.15, 0.2) is 18.2 Å². The lowest BCUT2D eigenvalue weighted by Crippen LogP contribution is -2.05. The van der Waals surface area contributed by atoms with E-state index in [2.05, 4.69) is 4.74 Å². The fourth-order valence-electron chi connectivity index (χ4n) is 1.36. The lowest BCUT2D eigenvalue weighted by atomic mass is 10.0. The van der Waals surface area contributed by atoms with Gasteiger partial charge < -0.3 is 9.84 Å². The number of aliphatic carboxylic acids is 1. The minimum Gasteiger partial charge on any atom is -0.478 e. The molecule has 1 rings (SSSR count).